The number of rotatable bonds is 13. The molecule has 0 bridgehead atoms. The Balaban J connectivity index is 1.70. The van der Waals surface area contributed by atoms with Crippen LogP contribution in [0.15, 0.2) is 53.4 Å². The molecule has 0 saturated heterocycles. The zero-order valence-corrected chi connectivity index (χ0v) is 21.4. The second kappa shape index (κ2) is 12.8. The molecule has 2 aromatic carbocycles. The van der Waals surface area contributed by atoms with E-state index < -0.39 is 16.1 Å². The lowest BCUT2D eigenvalue weighted by Crippen LogP contribution is -2.41. The minimum absolute atomic E-state index is 0.0657. The van der Waals surface area contributed by atoms with Gasteiger partial charge >= 0.3 is 0 Å². The molecule has 3 N–H and O–H groups in total. The number of carbonyl (C=O) groups is 2. The summed E-state index contributed by atoms with van der Waals surface area (Å²) in [5.74, 6) is -0.470. The molecule has 0 saturated carbocycles. The molecule has 0 fully saturated rings. The highest BCUT2D eigenvalue weighted by Crippen LogP contribution is 2.26. The molecule has 0 spiro atoms. The first-order valence-corrected chi connectivity index (χ1v) is 13.8. The molecule has 1 heterocycles. The highest BCUT2D eigenvalue weighted by Gasteiger charge is 2.28. The van der Waals surface area contributed by atoms with E-state index in [9.17, 15) is 18.0 Å². The van der Waals surface area contributed by atoms with Crippen molar-refractivity contribution in [3.63, 3.8) is 0 Å². The Bertz CT molecular complexity index is 1100. The minimum Gasteiger partial charge on any atom is -0.354 e. The first-order chi connectivity index (χ1) is 16.8. The van der Waals surface area contributed by atoms with Crippen LogP contribution in [-0.4, -0.2) is 51.3 Å². The van der Waals surface area contributed by atoms with E-state index in [-0.39, 0.29) is 16.7 Å². The van der Waals surface area contributed by atoms with Gasteiger partial charge < -0.3 is 15.5 Å². The Morgan fingerprint density at radius 3 is 2.43 bits per heavy atom. The average Bonchev–Trinajstić information content (AvgIpc) is 2.85. The van der Waals surface area contributed by atoms with Crippen molar-refractivity contribution < 1.29 is 18.0 Å². The monoisotopic (exact) mass is 500 g/mol. The molecule has 190 valence electrons. The van der Waals surface area contributed by atoms with Crippen LogP contribution in [0.4, 0.5) is 5.69 Å². The molecule has 3 rings (SSSR count). The van der Waals surface area contributed by atoms with Crippen molar-refractivity contribution in [1.29, 1.82) is 0 Å². The molecule has 1 unspecified atom stereocenters. The Morgan fingerprint density at radius 1 is 1.03 bits per heavy atom. The fourth-order valence-electron chi connectivity index (χ4n) is 4.25. The molecule has 2 amide bonds. The number of aryl methyl sites for hydroxylation is 1. The normalized spacial score (nSPS) is 14.3. The first kappa shape index (κ1) is 26.8. The first-order valence-electron chi connectivity index (χ1n) is 12.3. The number of sulfonamides is 1. The standard InChI is InChI=1S/C26H36N4O4S/c1-3-16-30(17-4-2)18-8-15-27-26(32)25(20-9-6-5-7-10-20)29-35(33,34)22-12-13-23-21(19-22)11-14-24(31)28-23/h5-7,9-10,12-13,19,25,29H,3-4,8,11,14-18H2,1-2H3,(H,27,32)(H,28,31). The van der Waals surface area contributed by atoms with E-state index in [0.717, 1.165) is 44.5 Å². The zero-order valence-electron chi connectivity index (χ0n) is 20.5. The SMILES string of the molecule is CCCN(CCC)CCCNC(=O)C(NS(=O)(=O)c1ccc2c(c1)CCC(=O)N2)c1ccccc1. The molecule has 8 nitrogen and oxygen atoms in total. The highest BCUT2D eigenvalue weighted by atomic mass is 32.2. The summed E-state index contributed by atoms with van der Waals surface area (Å²) in [7, 11) is -3.99. The van der Waals surface area contributed by atoms with Gasteiger partial charge in [-0.3, -0.25) is 9.59 Å². The molecule has 1 atom stereocenters. The van der Waals surface area contributed by atoms with Crippen LogP contribution in [0.3, 0.4) is 0 Å². The summed E-state index contributed by atoms with van der Waals surface area (Å²) in [6, 6.07) is 12.4. The molecule has 1 aliphatic heterocycles. The number of amides is 2. The van der Waals surface area contributed by atoms with Crippen LogP contribution >= 0.6 is 0 Å². The fraction of sp³-hybridized carbons (Fsp3) is 0.462. The third-order valence-corrected chi connectivity index (χ3v) is 7.40. The highest BCUT2D eigenvalue weighted by molar-refractivity contribution is 7.89. The maximum atomic E-state index is 13.2. The van der Waals surface area contributed by atoms with Crippen molar-refractivity contribution >= 4 is 27.5 Å². The van der Waals surface area contributed by atoms with Gasteiger partial charge in [-0.1, -0.05) is 44.2 Å². The van der Waals surface area contributed by atoms with E-state index in [2.05, 4.69) is 34.1 Å². The van der Waals surface area contributed by atoms with Gasteiger partial charge in [-0.2, -0.15) is 4.72 Å². The summed E-state index contributed by atoms with van der Waals surface area (Å²) in [6.45, 7) is 7.71. The quantitative estimate of drug-likeness (QED) is 0.366. The van der Waals surface area contributed by atoms with E-state index in [4.69, 9.17) is 0 Å². The van der Waals surface area contributed by atoms with E-state index >= 15 is 0 Å². The van der Waals surface area contributed by atoms with Gasteiger partial charge in [-0.05, 0) is 74.6 Å². The van der Waals surface area contributed by atoms with Crippen molar-refractivity contribution in [2.24, 2.45) is 0 Å². The second-order valence-corrected chi connectivity index (χ2v) is 10.5. The summed E-state index contributed by atoms with van der Waals surface area (Å²) in [6.07, 6.45) is 3.74. The predicted octanol–water partition coefficient (Wildman–Crippen LogP) is 3.22. The summed E-state index contributed by atoms with van der Waals surface area (Å²) >= 11 is 0. The van der Waals surface area contributed by atoms with E-state index in [1.165, 1.54) is 6.07 Å². The van der Waals surface area contributed by atoms with Crippen molar-refractivity contribution in [3.8, 4) is 0 Å². The number of anilines is 1. The van der Waals surface area contributed by atoms with Crippen LogP contribution in [0.25, 0.3) is 0 Å². The molecule has 0 radical (unpaired) electrons. The van der Waals surface area contributed by atoms with Crippen LogP contribution in [0.1, 0.15) is 56.7 Å². The Morgan fingerprint density at radius 2 is 1.74 bits per heavy atom. The topological polar surface area (TPSA) is 108 Å². The van der Waals surface area contributed by atoms with Gasteiger partial charge in [0.15, 0.2) is 0 Å². The molecule has 35 heavy (non-hydrogen) atoms. The van der Waals surface area contributed by atoms with Gasteiger partial charge in [-0.15, -0.1) is 0 Å². The van der Waals surface area contributed by atoms with E-state index in [1.807, 2.05) is 6.07 Å². The van der Waals surface area contributed by atoms with Crippen LogP contribution in [-0.2, 0) is 26.0 Å². The maximum Gasteiger partial charge on any atom is 0.242 e. The summed E-state index contributed by atoms with van der Waals surface area (Å²) in [5, 5.41) is 5.66. The molecular weight excluding hydrogens is 464 g/mol. The number of nitrogens with zero attached hydrogens (tertiary/aromatic N) is 1. The lowest BCUT2D eigenvalue weighted by molar-refractivity contribution is -0.123. The van der Waals surface area contributed by atoms with Gasteiger partial charge in [0, 0.05) is 18.7 Å². The Kier molecular flexibility index (Phi) is 9.83. The lowest BCUT2D eigenvalue weighted by atomic mass is 10.0. The van der Waals surface area contributed by atoms with Crippen molar-refractivity contribution in [2.75, 3.05) is 31.5 Å². The van der Waals surface area contributed by atoms with Crippen molar-refractivity contribution in [3.05, 3.63) is 59.7 Å². The molecule has 0 aromatic heterocycles. The number of carbonyl (C=O) groups excluding carboxylic acids is 2. The Labute approximate surface area is 208 Å². The van der Waals surface area contributed by atoms with Crippen molar-refractivity contribution in [2.45, 2.75) is 56.9 Å². The largest absolute Gasteiger partial charge is 0.354 e. The third kappa shape index (κ3) is 7.62. The van der Waals surface area contributed by atoms with Crippen LogP contribution in [0.5, 0.6) is 0 Å². The predicted molar refractivity (Wildman–Crippen MR) is 138 cm³/mol. The van der Waals surface area contributed by atoms with Crippen molar-refractivity contribution in [1.82, 2.24) is 14.9 Å². The second-order valence-electron chi connectivity index (χ2n) is 8.82. The average molecular weight is 501 g/mol. The van der Waals surface area contributed by atoms with E-state index in [0.29, 0.717) is 30.6 Å². The fourth-order valence-corrected chi connectivity index (χ4v) is 5.49. The number of nitrogens with one attached hydrogen (secondary N) is 3. The molecule has 1 aliphatic rings. The number of fused-ring (bicyclic) bond motifs is 1. The van der Waals surface area contributed by atoms with Crippen LogP contribution < -0.4 is 15.4 Å². The van der Waals surface area contributed by atoms with Gasteiger partial charge in [-0.25, -0.2) is 8.42 Å². The number of benzene rings is 2. The summed E-state index contributed by atoms with van der Waals surface area (Å²) in [5.41, 5.74) is 1.95. The summed E-state index contributed by atoms with van der Waals surface area (Å²) < 4.78 is 29.1. The smallest absolute Gasteiger partial charge is 0.242 e. The molecule has 0 aliphatic carbocycles. The molecule has 2 aromatic rings. The minimum atomic E-state index is -3.99. The van der Waals surface area contributed by atoms with Gasteiger partial charge in [0.1, 0.15) is 6.04 Å². The summed E-state index contributed by atoms with van der Waals surface area (Å²) in [4.78, 5) is 27.2. The molecular formula is C26H36N4O4S. The van der Waals surface area contributed by atoms with Gasteiger partial charge in [0.2, 0.25) is 21.8 Å². The van der Waals surface area contributed by atoms with Gasteiger partial charge in [0.25, 0.3) is 0 Å². The van der Waals surface area contributed by atoms with Crippen LogP contribution in [0.2, 0.25) is 0 Å². The Hall–Kier alpha value is -2.75. The van der Waals surface area contributed by atoms with Crippen LogP contribution in [0, 0.1) is 0 Å². The number of hydrogen-bond donors (Lipinski definition) is 3. The zero-order chi connectivity index (χ0) is 25.3. The van der Waals surface area contributed by atoms with Gasteiger partial charge in [0.05, 0.1) is 4.90 Å². The number of hydrogen-bond acceptors (Lipinski definition) is 5. The third-order valence-electron chi connectivity index (χ3n) is 5.98. The van der Waals surface area contributed by atoms with E-state index in [1.54, 1.807) is 36.4 Å². The maximum absolute atomic E-state index is 13.2. The molecule has 9 heteroatoms. The lowest BCUT2D eigenvalue weighted by Gasteiger charge is -2.22.